The van der Waals surface area contributed by atoms with E-state index in [0.29, 0.717) is 5.75 Å². The summed E-state index contributed by atoms with van der Waals surface area (Å²) >= 11 is 1.60. The molecule has 1 aliphatic heterocycles. The molecule has 0 fully saturated rings. The fraction of sp³-hybridized carbons (Fsp3) is 0.111. The Hall–Kier alpha value is -2.73. The lowest BCUT2D eigenvalue weighted by atomic mass is 10.2. The standard InChI is InChI=1S/C18H15N3O2S/c1-22-14-8-6-13(7-9-14)19-18-21-20-15(11-24-18)17-10-12-4-2-3-5-16(12)23-17/h2-10H,11H2,1H3,(H,19,21). The second kappa shape index (κ2) is 6.41. The number of furan rings is 1. The van der Waals surface area contributed by atoms with E-state index in [4.69, 9.17) is 9.15 Å². The molecule has 1 aliphatic rings. The summed E-state index contributed by atoms with van der Waals surface area (Å²) in [5.41, 5.74) is 5.61. The zero-order valence-electron chi connectivity index (χ0n) is 13.0. The third kappa shape index (κ3) is 3.00. The number of para-hydroxylation sites is 1. The van der Waals surface area contributed by atoms with E-state index in [1.807, 2.05) is 54.6 Å². The maximum Gasteiger partial charge on any atom is 0.182 e. The van der Waals surface area contributed by atoms with Crippen molar-refractivity contribution in [3.05, 3.63) is 60.4 Å². The second-order valence-electron chi connectivity index (χ2n) is 5.22. The van der Waals surface area contributed by atoms with Gasteiger partial charge in [-0.2, -0.15) is 5.10 Å². The molecule has 0 bridgehead atoms. The van der Waals surface area contributed by atoms with Crippen molar-refractivity contribution in [2.75, 3.05) is 12.9 Å². The molecule has 1 N–H and O–H groups in total. The minimum atomic E-state index is 0.710. The van der Waals surface area contributed by atoms with Crippen LogP contribution in [0.2, 0.25) is 0 Å². The first-order chi connectivity index (χ1) is 11.8. The number of benzene rings is 2. The van der Waals surface area contributed by atoms with E-state index in [-0.39, 0.29) is 0 Å². The zero-order valence-corrected chi connectivity index (χ0v) is 13.8. The maximum absolute atomic E-state index is 5.85. The first-order valence-electron chi connectivity index (χ1n) is 7.49. The van der Waals surface area contributed by atoms with Crippen LogP contribution in [0.4, 0.5) is 5.69 Å². The van der Waals surface area contributed by atoms with E-state index in [2.05, 4.69) is 15.5 Å². The van der Waals surface area contributed by atoms with Crippen molar-refractivity contribution in [3.8, 4) is 5.75 Å². The van der Waals surface area contributed by atoms with Crippen molar-refractivity contribution in [3.63, 3.8) is 0 Å². The topological polar surface area (TPSA) is 59.1 Å². The third-order valence-electron chi connectivity index (χ3n) is 3.65. The molecule has 2 heterocycles. The molecular weight excluding hydrogens is 322 g/mol. The van der Waals surface area contributed by atoms with Gasteiger partial charge in [-0.25, -0.2) is 4.99 Å². The molecule has 1 aromatic heterocycles. The van der Waals surface area contributed by atoms with Gasteiger partial charge in [0, 0.05) is 11.1 Å². The molecule has 4 rings (SSSR count). The number of rotatable bonds is 3. The summed E-state index contributed by atoms with van der Waals surface area (Å²) in [4.78, 5) is 4.54. The van der Waals surface area contributed by atoms with Crippen molar-refractivity contribution in [2.45, 2.75) is 0 Å². The molecule has 0 spiro atoms. The van der Waals surface area contributed by atoms with E-state index < -0.39 is 0 Å². The zero-order chi connectivity index (χ0) is 16.4. The number of methoxy groups -OCH3 is 1. The predicted molar refractivity (Wildman–Crippen MR) is 98.4 cm³/mol. The van der Waals surface area contributed by atoms with Crippen LogP contribution in [-0.4, -0.2) is 23.7 Å². The van der Waals surface area contributed by atoms with Crippen LogP contribution in [0.1, 0.15) is 5.76 Å². The number of hydrazone groups is 1. The largest absolute Gasteiger partial charge is 0.497 e. The number of nitrogens with one attached hydrogen (secondary N) is 1. The first kappa shape index (κ1) is 14.8. The monoisotopic (exact) mass is 337 g/mol. The molecule has 0 radical (unpaired) electrons. The van der Waals surface area contributed by atoms with Gasteiger partial charge >= 0.3 is 0 Å². The summed E-state index contributed by atoms with van der Waals surface area (Å²) in [5, 5.41) is 6.25. The lowest BCUT2D eigenvalue weighted by Gasteiger charge is -2.13. The highest BCUT2D eigenvalue weighted by Crippen LogP contribution is 2.24. The SMILES string of the molecule is COc1ccc(N=C2NN=C(c3cc4ccccc4o3)CS2)cc1. The normalized spacial score (nSPS) is 16.0. The second-order valence-corrected chi connectivity index (χ2v) is 6.19. The van der Waals surface area contributed by atoms with Crippen LogP contribution in [0, 0.1) is 0 Å². The summed E-state index contributed by atoms with van der Waals surface area (Å²) in [6.45, 7) is 0. The average Bonchev–Trinajstić information content (AvgIpc) is 3.07. The van der Waals surface area contributed by atoms with Gasteiger partial charge in [0.05, 0.1) is 12.8 Å². The Kier molecular flexibility index (Phi) is 3.96. The van der Waals surface area contributed by atoms with E-state index in [1.54, 1.807) is 18.9 Å². The smallest absolute Gasteiger partial charge is 0.182 e. The summed E-state index contributed by atoms with van der Waals surface area (Å²) in [5.74, 6) is 2.31. The van der Waals surface area contributed by atoms with Gasteiger partial charge in [-0.3, -0.25) is 5.43 Å². The Morgan fingerprint density at radius 1 is 1.17 bits per heavy atom. The quantitative estimate of drug-likeness (QED) is 0.779. The highest BCUT2D eigenvalue weighted by Gasteiger charge is 2.16. The van der Waals surface area contributed by atoms with E-state index in [9.17, 15) is 0 Å². The molecule has 24 heavy (non-hydrogen) atoms. The Bertz CT molecular complexity index is 896. The average molecular weight is 337 g/mol. The first-order valence-corrected chi connectivity index (χ1v) is 8.47. The van der Waals surface area contributed by atoms with Crippen LogP contribution in [0.25, 0.3) is 11.0 Å². The number of fused-ring (bicyclic) bond motifs is 1. The van der Waals surface area contributed by atoms with E-state index in [1.165, 1.54) is 0 Å². The van der Waals surface area contributed by atoms with Crippen LogP contribution in [0.15, 0.2) is 69.1 Å². The summed E-state index contributed by atoms with van der Waals surface area (Å²) in [7, 11) is 1.65. The van der Waals surface area contributed by atoms with E-state index in [0.717, 1.165) is 39.0 Å². The molecule has 0 aliphatic carbocycles. The number of ether oxygens (including phenoxy) is 1. The summed E-state index contributed by atoms with van der Waals surface area (Å²) in [6, 6.07) is 17.6. The van der Waals surface area contributed by atoms with Crippen LogP contribution < -0.4 is 10.2 Å². The summed E-state index contributed by atoms with van der Waals surface area (Å²) in [6.07, 6.45) is 0. The molecule has 0 saturated heterocycles. The molecule has 6 heteroatoms. The van der Waals surface area contributed by atoms with Gasteiger partial charge in [0.15, 0.2) is 10.9 Å². The van der Waals surface area contributed by atoms with Crippen molar-refractivity contribution in [2.24, 2.45) is 10.1 Å². The molecule has 0 saturated carbocycles. The van der Waals surface area contributed by atoms with Gasteiger partial charge in [0.2, 0.25) is 0 Å². The molecular formula is C18H15N3O2S. The van der Waals surface area contributed by atoms with Gasteiger partial charge < -0.3 is 9.15 Å². The van der Waals surface area contributed by atoms with Crippen LogP contribution >= 0.6 is 11.8 Å². The molecule has 0 unspecified atom stereocenters. The molecule has 2 aromatic carbocycles. The molecule has 0 amide bonds. The fourth-order valence-electron chi connectivity index (χ4n) is 2.40. The minimum absolute atomic E-state index is 0.710. The third-order valence-corrected chi connectivity index (χ3v) is 4.52. The highest BCUT2D eigenvalue weighted by molar-refractivity contribution is 8.14. The van der Waals surface area contributed by atoms with Crippen molar-refractivity contribution in [1.29, 1.82) is 0 Å². The Morgan fingerprint density at radius 3 is 2.71 bits per heavy atom. The lowest BCUT2D eigenvalue weighted by molar-refractivity contribution is 0.415. The fourth-order valence-corrected chi connectivity index (χ4v) is 3.16. The van der Waals surface area contributed by atoms with Crippen LogP contribution in [-0.2, 0) is 0 Å². The number of hydrogen-bond acceptors (Lipinski definition) is 5. The number of hydrogen-bond donors (Lipinski definition) is 1. The van der Waals surface area contributed by atoms with Gasteiger partial charge in [-0.1, -0.05) is 30.0 Å². The van der Waals surface area contributed by atoms with Crippen LogP contribution in [0.3, 0.4) is 0 Å². The van der Waals surface area contributed by atoms with Crippen molar-refractivity contribution < 1.29 is 9.15 Å². The van der Waals surface area contributed by atoms with Gasteiger partial charge in [-0.15, -0.1) is 0 Å². The Morgan fingerprint density at radius 2 is 2.00 bits per heavy atom. The Labute approximate surface area is 143 Å². The van der Waals surface area contributed by atoms with Crippen molar-refractivity contribution in [1.82, 2.24) is 5.43 Å². The van der Waals surface area contributed by atoms with Crippen molar-refractivity contribution >= 4 is 39.3 Å². The lowest BCUT2D eigenvalue weighted by Crippen LogP contribution is -2.24. The Balaban J connectivity index is 1.52. The maximum atomic E-state index is 5.85. The summed E-state index contributed by atoms with van der Waals surface area (Å²) < 4.78 is 11.0. The number of amidine groups is 1. The van der Waals surface area contributed by atoms with Gasteiger partial charge in [0.25, 0.3) is 0 Å². The van der Waals surface area contributed by atoms with Gasteiger partial charge in [-0.05, 0) is 36.4 Å². The molecule has 5 nitrogen and oxygen atoms in total. The number of nitrogens with zero attached hydrogens (tertiary/aromatic N) is 2. The predicted octanol–water partition coefficient (Wildman–Crippen LogP) is 4.17. The van der Waals surface area contributed by atoms with Gasteiger partial charge in [0.1, 0.15) is 17.0 Å². The molecule has 120 valence electrons. The molecule has 3 aromatic rings. The number of thioether (sulfide) groups is 1. The highest BCUT2D eigenvalue weighted by atomic mass is 32.2. The minimum Gasteiger partial charge on any atom is -0.497 e. The van der Waals surface area contributed by atoms with Crippen LogP contribution in [0.5, 0.6) is 5.75 Å². The van der Waals surface area contributed by atoms with E-state index >= 15 is 0 Å². The number of aliphatic imine (C=N–C) groups is 1. The molecule has 0 atom stereocenters.